The molecule has 1 saturated heterocycles. The van der Waals surface area contributed by atoms with E-state index in [1.54, 1.807) is 12.1 Å². The third-order valence-electron chi connectivity index (χ3n) is 8.45. The first-order chi connectivity index (χ1) is 21.7. The lowest BCUT2D eigenvalue weighted by Gasteiger charge is -2.39. The molecule has 2 aromatic heterocycles. The molecule has 0 amide bonds. The van der Waals surface area contributed by atoms with Crippen molar-refractivity contribution in [2.75, 3.05) is 36.0 Å². The predicted octanol–water partition coefficient (Wildman–Crippen LogP) is 4.87. The average molecular weight is 613 g/mol. The minimum atomic E-state index is -3.88. The summed E-state index contributed by atoms with van der Waals surface area (Å²) in [6.07, 6.45) is 1.32. The first-order valence-corrected chi connectivity index (χ1v) is 14.1. The van der Waals surface area contributed by atoms with Crippen molar-refractivity contribution in [2.45, 2.75) is 18.1 Å². The number of halogens is 4. The Hall–Kier alpha value is -5.35. The van der Waals surface area contributed by atoms with Crippen LogP contribution < -0.4 is 9.80 Å². The summed E-state index contributed by atoms with van der Waals surface area (Å²) in [7, 11) is 0. The highest BCUT2D eigenvalue weighted by atomic mass is 19.3. The second-order valence-electron chi connectivity index (χ2n) is 11.0. The molecule has 4 heterocycles. The second-order valence-corrected chi connectivity index (χ2v) is 11.0. The summed E-state index contributed by atoms with van der Waals surface area (Å²) in [5, 5.41) is 31.4. The van der Waals surface area contributed by atoms with E-state index in [0.29, 0.717) is 37.4 Å². The number of benzene rings is 3. The van der Waals surface area contributed by atoms with Crippen LogP contribution in [0.3, 0.4) is 0 Å². The molecular weight excluding hydrogens is 588 g/mol. The smallest absolute Gasteiger partial charge is 0.323 e. The zero-order chi connectivity index (χ0) is 31.3. The van der Waals surface area contributed by atoms with Gasteiger partial charge in [0.1, 0.15) is 17.3 Å². The van der Waals surface area contributed by atoms with Crippen LogP contribution >= 0.6 is 0 Å². The van der Waals surface area contributed by atoms with Crippen molar-refractivity contribution in [1.29, 1.82) is 5.26 Å². The molecule has 0 unspecified atom stereocenters. The van der Waals surface area contributed by atoms with Crippen molar-refractivity contribution >= 4 is 11.4 Å². The zero-order valence-electron chi connectivity index (χ0n) is 23.6. The third kappa shape index (κ3) is 4.74. The number of hydrogen-bond acceptors (Lipinski definition) is 8. The van der Waals surface area contributed by atoms with Crippen LogP contribution in [0.15, 0.2) is 79.0 Å². The molecule has 1 fully saturated rings. The lowest BCUT2D eigenvalue weighted by molar-refractivity contribution is -0.207. The van der Waals surface area contributed by atoms with Gasteiger partial charge in [0.05, 0.1) is 23.9 Å². The maximum absolute atomic E-state index is 16.1. The number of fused-ring (bicyclic) bond motifs is 3. The molecule has 13 heteroatoms. The van der Waals surface area contributed by atoms with E-state index in [-0.39, 0.29) is 22.5 Å². The quantitative estimate of drug-likeness (QED) is 0.280. The third-order valence-corrected chi connectivity index (χ3v) is 8.45. The lowest BCUT2D eigenvalue weighted by Crippen LogP contribution is -2.49. The molecule has 0 saturated carbocycles. The summed E-state index contributed by atoms with van der Waals surface area (Å²) >= 11 is 0. The van der Waals surface area contributed by atoms with Gasteiger partial charge in [-0.15, -0.1) is 5.10 Å². The number of piperazine rings is 1. The highest BCUT2D eigenvalue weighted by Crippen LogP contribution is 2.50. The Kier molecular flexibility index (Phi) is 6.74. The molecule has 1 atom stereocenters. The standard InChI is InChI=1S/C32H24F4N8O/c33-23-5-8-26-25(16-23)30-39-40-41-44(30)19-31(26,45)32(35,36)29-10-4-22(18-38-29)21-2-6-24(7-3-21)42-11-13-43(14-12-42)28-9-1-20(17-37)15-27(28)34/h1-10,15-16,18,45H,11-14,19H2/t31-/m0/s1. The van der Waals surface area contributed by atoms with Crippen LogP contribution in [-0.2, 0) is 18.1 Å². The maximum atomic E-state index is 16.1. The second kappa shape index (κ2) is 10.7. The molecule has 1 N–H and O–H groups in total. The van der Waals surface area contributed by atoms with Crippen molar-refractivity contribution in [1.82, 2.24) is 25.2 Å². The molecule has 2 aliphatic heterocycles. The fraction of sp³-hybridized carbons (Fsp3) is 0.219. The summed E-state index contributed by atoms with van der Waals surface area (Å²) in [6.45, 7) is 1.88. The van der Waals surface area contributed by atoms with Crippen molar-refractivity contribution in [2.24, 2.45) is 0 Å². The SMILES string of the molecule is N#Cc1ccc(N2CCN(c3ccc(-c4ccc(C(F)(F)[C@]5(O)Cn6nnnc6-c6cc(F)ccc65)nc4)cc3)CC2)c(F)c1. The van der Waals surface area contributed by atoms with E-state index >= 15 is 8.78 Å². The monoisotopic (exact) mass is 612 g/mol. The van der Waals surface area contributed by atoms with E-state index in [9.17, 15) is 13.9 Å². The van der Waals surface area contributed by atoms with Crippen LogP contribution in [0.2, 0.25) is 0 Å². The highest BCUT2D eigenvalue weighted by Gasteiger charge is 2.59. The van der Waals surface area contributed by atoms with E-state index in [2.05, 4.69) is 25.4 Å². The fourth-order valence-corrected chi connectivity index (χ4v) is 6.00. The van der Waals surface area contributed by atoms with Crippen LogP contribution in [0.1, 0.15) is 16.8 Å². The number of pyridine rings is 1. The molecule has 0 aliphatic carbocycles. The molecular formula is C32H24F4N8O. The van der Waals surface area contributed by atoms with Gasteiger partial charge < -0.3 is 14.9 Å². The molecule has 3 aromatic carbocycles. The molecule has 0 radical (unpaired) electrons. The molecule has 9 nitrogen and oxygen atoms in total. The maximum Gasteiger partial charge on any atom is 0.323 e. The first kappa shape index (κ1) is 28.4. The van der Waals surface area contributed by atoms with Crippen molar-refractivity contribution in [3.05, 3.63) is 107 Å². The Morgan fingerprint density at radius 3 is 2.29 bits per heavy atom. The molecule has 2 aliphatic rings. The number of nitrogens with zero attached hydrogens (tertiary/aromatic N) is 8. The average Bonchev–Trinajstić information content (AvgIpc) is 3.53. The summed E-state index contributed by atoms with van der Waals surface area (Å²) in [5.74, 6) is -4.89. The highest BCUT2D eigenvalue weighted by molar-refractivity contribution is 5.67. The number of alkyl halides is 2. The number of anilines is 2. The first-order valence-electron chi connectivity index (χ1n) is 14.1. The Labute approximate surface area is 254 Å². The van der Waals surface area contributed by atoms with Gasteiger partial charge in [-0.05, 0) is 64.5 Å². The number of hydrogen-bond donors (Lipinski definition) is 1. The fourth-order valence-electron chi connectivity index (χ4n) is 6.00. The number of tetrazole rings is 1. The van der Waals surface area contributed by atoms with E-state index in [1.165, 1.54) is 24.4 Å². The predicted molar refractivity (Wildman–Crippen MR) is 156 cm³/mol. The minimum absolute atomic E-state index is 0.0204. The van der Waals surface area contributed by atoms with Crippen molar-refractivity contribution in [3.8, 4) is 28.6 Å². The Bertz CT molecular complexity index is 1930. The van der Waals surface area contributed by atoms with Gasteiger partial charge in [0.25, 0.3) is 0 Å². The Morgan fingerprint density at radius 2 is 1.60 bits per heavy atom. The van der Waals surface area contributed by atoms with Gasteiger partial charge in [-0.3, -0.25) is 4.98 Å². The number of rotatable bonds is 5. The molecule has 45 heavy (non-hydrogen) atoms. The number of nitriles is 1. The van der Waals surface area contributed by atoms with E-state index in [0.717, 1.165) is 34.1 Å². The van der Waals surface area contributed by atoms with Crippen molar-refractivity contribution in [3.63, 3.8) is 0 Å². The van der Waals surface area contributed by atoms with E-state index in [4.69, 9.17) is 5.26 Å². The van der Waals surface area contributed by atoms with Crippen LogP contribution in [0.5, 0.6) is 0 Å². The van der Waals surface area contributed by atoms with Gasteiger partial charge in [0.15, 0.2) is 11.4 Å². The normalized spacial score (nSPS) is 17.9. The van der Waals surface area contributed by atoms with Gasteiger partial charge in [0, 0.05) is 54.8 Å². The van der Waals surface area contributed by atoms with Gasteiger partial charge in [-0.2, -0.15) is 14.0 Å². The number of aliphatic hydroxyl groups is 1. The van der Waals surface area contributed by atoms with Gasteiger partial charge in [-0.1, -0.05) is 24.3 Å². The van der Waals surface area contributed by atoms with Crippen LogP contribution in [0.25, 0.3) is 22.5 Å². The largest absolute Gasteiger partial charge is 0.377 e. The van der Waals surface area contributed by atoms with Crippen LogP contribution in [-0.4, -0.2) is 56.5 Å². The van der Waals surface area contributed by atoms with Gasteiger partial charge >= 0.3 is 5.92 Å². The lowest BCUT2D eigenvalue weighted by atomic mass is 9.80. The summed E-state index contributed by atoms with van der Waals surface area (Å²) in [6, 6.07) is 19.9. The topological polar surface area (TPSA) is 107 Å². The minimum Gasteiger partial charge on any atom is -0.377 e. The van der Waals surface area contributed by atoms with Gasteiger partial charge in [0.2, 0.25) is 0 Å². The van der Waals surface area contributed by atoms with Crippen molar-refractivity contribution < 1.29 is 22.7 Å². The zero-order valence-corrected chi connectivity index (χ0v) is 23.6. The Balaban J connectivity index is 1.07. The number of aromatic nitrogens is 5. The molecule has 226 valence electrons. The van der Waals surface area contributed by atoms with E-state index < -0.39 is 35.4 Å². The summed E-state index contributed by atoms with van der Waals surface area (Å²) in [5.41, 5.74) is -0.585. The molecule has 7 rings (SSSR count). The van der Waals surface area contributed by atoms with Crippen LogP contribution in [0, 0.1) is 23.0 Å². The van der Waals surface area contributed by atoms with Gasteiger partial charge in [-0.25, -0.2) is 13.5 Å². The molecule has 5 aromatic rings. The van der Waals surface area contributed by atoms with Crippen LogP contribution in [0.4, 0.5) is 28.9 Å². The molecule has 0 spiro atoms. The van der Waals surface area contributed by atoms with E-state index in [1.807, 2.05) is 35.2 Å². The summed E-state index contributed by atoms with van der Waals surface area (Å²) in [4.78, 5) is 8.17. The Morgan fingerprint density at radius 1 is 0.867 bits per heavy atom. The molecule has 0 bridgehead atoms. The summed E-state index contributed by atoms with van der Waals surface area (Å²) < 4.78 is 61.7.